The summed E-state index contributed by atoms with van der Waals surface area (Å²) < 4.78 is 103. The van der Waals surface area contributed by atoms with Crippen LogP contribution in [0.15, 0.2) is 156 Å². The average molecular weight is 1030 g/mol. The number of rotatable bonds is 8. The van der Waals surface area contributed by atoms with Crippen LogP contribution in [-0.2, 0) is 20.1 Å². The Morgan fingerprint density at radius 1 is 0.571 bits per heavy atom. The van der Waals surface area contributed by atoms with Gasteiger partial charge in [-0.3, -0.25) is 0 Å². The van der Waals surface area contributed by atoms with E-state index in [9.17, 15) is 0 Å². The van der Waals surface area contributed by atoms with Crippen LogP contribution in [0.5, 0.6) is 0 Å². The van der Waals surface area contributed by atoms with E-state index in [1.165, 1.54) is 24.5 Å². The van der Waals surface area contributed by atoms with Crippen LogP contribution in [0.25, 0.3) is 88.3 Å². The molecule has 63 heavy (non-hydrogen) atoms. The maximum Gasteiger partial charge on any atom is 0.121 e. The quantitative estimate of drug-likeness (QED) is 0.0865. The first-order valence-corrected chi connectivity index (χ1v) is 23.6. The Morgan fingerprint density at radius 3 is 2.11 bits per heavy atom. The van der Waals surface area contributed by atoms with Crippen LogP contribution < -0.4 is 5.19 Å². The number of aromatic nitrogens is 2. The zero-order valence-corrected chi connectivity index (χ0v) is 38.6. The molecule has 5 heteroatoms. The summed E-state index contributed by atoms with van der Waals surface area (Å²) in [6.07, 6.45) is 2.67. The van der Waals surface area contributed by atoms with Gasteiger partial charge >= 0.3 is 0 Å². The fourth-order valence-electron chi connectivity index (χ4n) is 8.77. The fourth-order valence-corrected chi connectivity index (χ4v) is 12.4. The number of furan rings is 1. The molecule has 0 unspecified atom stereocenters. The Bertz CT molecular complexity index is 3690. The number of pyridine rings is 2. The minimum Gasteiger partial charge on any atom is -0.501 e. The zero-order valence-electron chi connectivity index (χ0n) is 47.2. The summed E-state index contributed by atoms with van der Waals surface area (Å²) in [5, 5.41) is 7.43. The van der Waals surface area contributed by atoms with Crippen molar-refractivity contribution in [3.8, 4) is 44.8 Å². The Balaban J connectivity index is 0.000000234. The van der Waals surface area contributed by atoms with E-state index in [1.54, 1.807) is 18.2 Å². The van der Waals surface area contributed by atoms with Crippen molar-refractivity contribution in [3.63, 3.8) is 0 Å². The van der Waals surface area contributed by atoms with Gasteiger partial charge in [-0.1, -0.05) is 171 Å². The summed E-state index contributed by atoms with van der Waals surface area (Å²) in [6, 6.07) is 52.7. The van der Waals surface area contributed by atoms with E-state index in [0.29, 0.717) is 44.8 Å². The fraction of sp³-hybridized carbons (Fsp3) is 0.172. The third-order valence-electron chi connectivity index (χ3n) is 12.5. The maximum absolute atomic E-state index is 8.53. The smallest absolute Gasteiger partial charge is 0.121 e. The van der Waals surface area contributed by atoms with Gasteiger partial charge in [0.05, 0.1) is 13.7 Å². The molecule has 3 aromatic heterocycles. The number of nitrogens with zero attached hydrogens (tertiary/aromatic N) is 2. The second-order valence-electron chi connectivity index (χ2n) is 15.7. The molecule has 0 aliphatic heterocycles. The van der Waals surface area contributed by atoms with Gasteiger partial charge in [-0.25, -0.2) is 0 Å². The van der Waals surface area contributed by atoms with Gasteiger partial charge in [-0.15, -0.1) is 47.5 Å². The second-order valence-corrected chi connectivity index (χ2v) is 21.0. The van der Waals surface area contributed by atoms with E-state index >= 15 is 0 Å². The molecule has 0 aliphatic rings. The Labute approximate surface area is 403 Å². The normalized spacial score (nSPS) is 15.1. The van der Waals surface area contributed by atoms with Crippen molar-refractivity contribution in [2.24, 2.45) is 0 Å². The van der Waals surface area contributed by atoms with Crippen molar-refractivity contribution in [3.05, 3.63) is 186 Å². The van der Waals surface area contributed by atoms with Crippen LogP contribution in [-0.4, -0.2) is 18.0 Å². The molecule has 0 fully saturated rings. The van der Waals surface area contributed by atoms with Gasteiger partial charge in [-0.05, 0) is 99.0 Å². The summed E-state index contributed by atoms with van der Waals surface area (Å²) in [6.45, 7) is -2.89. The third-order valence-corrected chi connectivity index (χ3v) is 18.1. The summed E-state index contributed by atoms with van der Waals surface area (Å²) >= 11 is 0. The monoisotopic (exact) mass is 1030 g/mol. The SMILES string of the molecule is [2H]C([2H])([2H])c1ccc(-c2[c-]cc(C([2H])([2H])[2H])c(-c3ccccc3)c2)nc1.[2H]C([2H])([2H])c1cnc(-c2[c-]ccc3c2oc2cc4c(ccc5ccccc54)cc23)cc1-c1ccc([Si](CC)(CC)CC)cc1C([2H])([2H])[2H].[Ir]. The molecule has 0 saturated carbocycles. The van der Waals surface area contributed by atoms with E-state index in [-0.39, 0.29) is 42.4 Å². The summed E-state index contributed by atoms with van der Waals surface area (Å²) in [4.78, 5) is 8.83. The average Bonchev–Trinajstić information content (AvgIpc) is 3.75. The Kier molecular flexibility index (Phi) is 9.04. The molecule has 7 aromatic carbocycles. The molecule has 315 valence electrons. The predicted molar refractivity (Wildman–Crippen MR) is 266 cm³/mol. The van der Waals surface area contributed by atoms with Crippen LogP contribution >= 0.6 is 0 Å². The van der Waals surface area contributed by atoms with Crippen molar-refractivity contribution in [1.82, 2.24) is 9.97 Å². The molecule has 0 N–H and O–H groups in total. The minimum atomic E-state index is -2.52. The zero-order chi connectivity index (χ0) is 53.0. The number of fused-ring (bicyclic) bond motifs is 6. The van der Waals surface area contributed by atoms with Gasteiger partial charge in [0.25, 0.3) is 0 Å². The molecule has 0 aliphatic carbocycles. The molecule has 0 bridgehead atoms. The van der Waals surface area contributed by atoms with Crippen LogP contribution in [0.1, 0.15) is 59.5 Å². The molecule has 10 rings (SSSR count). The van der Waals surface area contributed by atoms with Crippen LogP contribution in [0, 0.1) is 39.5 Å². The molecule has 3 heterocycles. The molecule has 0 amide bonds. The first-order valence-electron chi connectivity index (χ1n) is 27.0. The molecule has 3 nitrogen and oxygen atoms in total. The minimum absolute atomic E-state index is 0. The van der Waals surface area contributed by atoms with Gasteiger partial charge in [0, 0.05) is 54.3 Å². The van der Waals surface area contributed by atoms with Crippen LogP contribution in [0.2, 0.25) is 18.1 Å². The van der Waals surface area contributed by atoms with Crippen molar-refractivity contribution < 1.29 is 41.0 Å². The van der Waals surface area contributed by atoms with Crippen molar-refractivity contribution in [2.45, 2.75) is 66.3 Å². The largest absolute Gasteiger partial charge is 0.501 e. The standard InChI is InChI=1S/C39H36NOSi.C19H16N.Ir/c1-6-42(7-2,8-3)29-18-19-30(25(4)20-29)34-22-37(40-24-26(34)5)33-15-11-14-32-36-21-28-17-16-27-12-9-10-13-31(27)35(28)23-38(36)41-39(32)33;1-14-8-11-19(20-13-14)17-10-9-15(2)18(12-17)16-6-4-3-5-7-16;/h9-14,16-24H,6-8H2,1-5H3;3-9,11-13H,1-2H3;/q2*-1;/i4D3,5D3;1D3,2D3;. The van der Waals surface area contributed by atoms with E-state index in [4.69, 9.17) is 20.9 Å². The van der Waals surface area contributed by atoms with Crippen LogP contribution in [0.3, 0.4) is 0 Å². The predicted octanol–water partition coefficient (Wildman–Crippen LogP) is 15.6. The van der Waals surface area contributed by atoms with E-state index in [1.807, 2.05) is 72.8 Å². The third kappa shape index (κ3) is 8.34. The van der Waals surface area contributed by atoms with Crippen LogP contribution in [0.4, 0.5) is 0 Å². The summed E-state index contributed by atoms with van der Waals surface area (Å²) in [5.74, 6) is 0. The summed E-state index contributed by atoms with van der Waals surface area (Å²) in [7, 11) is -1.91. The van der Waals surface area contributed by atoms with E-state index in [0.717, 1.165) is 66.8 Å². The van der Waals surface area contributed by atoms with Gasteiger partial charge in [0.1, 0.15) is 5.58 Å². The number of hydrogen-bond acceptors (Lipinski definition) is 3. The molecule has 0 atom stereocenters. The van der Waals surface area contributed by atoms with E-state index < -0.39 is 35.5 Å². The maximum atomic E-state index is 8.53. The van der Waals surface area contributed by atoms with Gasteiger partial charge < -0.3 is 14.4 Å². The molecular formula is C58H52IrN2OSi-2. The summed E-state index contributed by atoms with van der Waals surface area (Å²) in [5.41, 5.74) is 6.11. The molecule has 1 radical (unpaired) electrons. The number of aryl methyl sites for hydroxylation is 4. The van der Waals surface area contributed by atoms with Gasteiger partial charge in [0.15, 0.2) is 0 Å². The molecular weight excluding hydrogens is 961 g/mol. The topological polar surface area (TPSA) is 38.9 Å². The Morgan fingerprint density at radius 2 is 1.35 bits per heavy atom. The second kappa shape index (κ2) is 18.4. The van der Waals surface area contributed by atoms with Gasteiger partial charge in [-0.2, -0.15) is 0 Å². The number of hydrogen-bond donors (Lipinski definition) is 0. The Hall–Kier alpha value is -5.97. The molecule has 0 spiro atoms. The van der Waals surface area contributed by atoms with Crippen molar-refractivity contribution in [2.75, 3.05) is 0 Å². The van der Waals surface area contributed by atoms with Crippen molar-refractivity contribution in [1.29, 1.82) is 0 Å². The van der Waals surface area contributed by atoms with Crippen molar-refractivity contribution >= 4 is 56.7 Å². The first kappa shape index (κ1) is 31.0. The van der Waals surface area contributed by atoms with Gasteiger partial charge in [0.2, 0.25) is 0 Å². The molecule has 10 aromatic rings. The first-order chi connectivity index (χ1) is 35.0. The number of benzene rings is 7. The van der Waals surface area contributed by atoms with E-state index in [2.05, 4.69) is 79.3 Å². The molecule has 0 saturated heterocycles.